The molecule has 1 unspecified atom stereocenters. The van der Waals surface area contributed by atoms with Crippen LogP contribution < -0.4 is 0 Å². The molecule has 2 heterocycles. The number of likely N-dealkylation sites (tertiary alicyclic amines) is 1. The van der Waals surface area contributed by atoms with E-state index in [0.29, 0.717) is 42.4 Å². The van der Waals surface area contributed by atoms with Gasteiger partial charge in [-0.25, -0.2) is 0 Å². The summed E-state index contributed by atoms with van der Waals surface area (Å²) in [7, 11) is 0. The van der Waals surface area contributed by atoms with Crippen LogP contribution in [-0.2, 0) is 12.4 Å². The maximum absolute atomic E-state index is 13.4. The van der Waals surface area contributed by atoms with E-state index in [0.717, 1.165) is 25.0 Å². The largest absolute Gasteiger partial charge is 0.425 e. The lowest BCUT2D eigenvalue weighted by atomic mass is 9.92. The van der Waals surface area contributed by atoms with Gasteiger partial charge in [-0.2, -0.15) is 26.3 Å². The number of hydrogen-bond donors (Lipinski definition) is 0. The highest BCUT2D eigenvalue weighted by molar-refractivity contribution is 5.95. The van der Waals surface area contributed by atoms with Crippen molar-refractivity contribution in [2.45, 2.75) is 50.4 Å². The Morgan fingerprint density at radius 2 is 1.58 bits per heavy atom. The molecule has 5 nitrogen and oxygen atoms in total. The lowest BCUT2D eigenvalue weighted by molar-refractivity contribution is -0.143. The smallest absolute Gasteiger partial charge is 0.416 e. The quantitative estimate of drug-likeness (QED) is 0.373. The highest BCUT2D eigenvalue weighted by Crippen LogP contribution is 2.46. The average molecular weight is 509 g/mol. The number of halogens is 6. The zero-order chi connectivity index (χ0) is 25.8. The molecule has 1 saturated carbocycles. The number of alkyl halides is 6. The van der Waals surface area contributed by atoms with Crippen LogP contribution >= 0.6 is 0 Å². The highest BCUT2D eigenvalue weighted by atomic mass is 19.4. The minimum absolute atomic E-state index is 0.0238. The molecule has 3 aromatic rings. The molecule has 2 aromatic carbocycles. The van der Waals surface area contributed by atoms with Crippen LogP contribution in [0.4, 0.5) is 26.3 Å². The number of amides is 1. The molecular weight excluding hydrogens is 488 g/mol. The molecule has 5 rings (SSSR count). The summed E-state index contributed by atoms with van der Waals surface area (Å²) < 4.78 is 85.8. The van der Waals surface area contributed by atoms with E-state index in [1.54, 1.807) is 17.9 Å². The molecule has 36 heavy (non-hydrogen) atoms. The van der Waals surface area contributed by atoms with Crippen molar-refractivity contribution in [1.29, 1.82) is 0 Å². The van der Waals surface area contributed by atoms with Gasteiger partial charge < -0.3 is 9.32 Å². The van der Waals surface area contributed by atoms with E-state index in [-0.39, 0.29) is 34.9 Å². The van der Waals surface area contributed by atoms with Crippen molar-refractivity contribution in [3.8, 4) is 11.1 Å². The molecule has 0 radical (unpaired) electrons. The van der Waals surface area contributed by atoms with Crippen LogP contribution in [0.15, 0.2) is 40.8 Å². The first-order chi connectivity index (χ1) is 16.9. The molecule has 190 valence electrons. The normalized spacial score (nSPS) is 18.6. The van der Waals surface area contributed by atoms with Gasteiger partial charge in [-0.3, -0.25) is 4.79 Å². The third-order valence-corrected chi connectivity index (χ3v) is 6.58. The van der Waals surface area contributed by atoms with Crippen LogP contribution in [0.2, 0.25) is 0 Å². The Balaban J connectivity index is 1.47. The number of carbonyl (C=O) groups excluding carboxylic acids is 1. The van der Waals surface area contributed by atoms with Gasteiger partial charge in [0.1, 0.15) is 0 Å². The van der Waals surface area contributed by atoms with Gasteiger partial charge in [-0.05, 0) is 72.2 Å². The Morgan fingerprint density at radius 3 is 2.14 bits per heavy atom. The average Bonchev–Trinajstić information content (AvgIpc) is 3.39. The van der Waals surface area contributed by atoms with Crippen molar-refractivity contribution in [1.82, 2.24) is 15.1 Å². The molecule has 1 saturated heterocycles. The minimum Gasteiger partial charge on any atom is -0.425 e. The van der Waals surface area contributed by atoms with Crippen LogP contribution in [0.3, 0.4) is 0 Å². The number of carbonyl (C=O) groups is 1. The van der Waals surface area contributed by atoms with E-state index in [1.165, 1.54) is 12.1 Å². The van der Waals surface area contributed by atoms with E-state index in [2.05, 4.69) is 10.2 Å². The summed E-state index contributed by atoms with van der Waals surface area (Å²) in [5.74, 6) is 0.513. The van der Waals surface area contributed by atoms with E-state index in [4.69, 9.17) is 4.42 Å². The zero-order valence-electron chi connectivity index (χ0n) is 19.1. The SMILES string of the molecule is Cc1nnc(C2CCN(C(=O)c3ccc(-c4cc(C(F)(F)F)cc(C(F)(F)F)c4)c(C4CC4)c3)C2)o1. The van der Waals surface area contributed by atoms with Crippen molar-refractivity contribution in [2.75, 3.05) is 13.1 Å². The fourth-order valence-corrected chi connectivity index (χ4v) is 4.61. The van der Waals surface area contributed by atoms with E-state index < -0.39 is 23.5 Å². The Bertz CT molecular complexity index is 1280. The summed E-state index contributed by atoms with van der Waals surface area (Å²) in [4.78, 5) is 14.8. The molecule has 2 fully saturated rings. The summed E-state index contributed by atoms with van der Waals surface area (Å²) in [6.45, 7) is 2.52. The monoisotopic (exact) mass is 509 g/mol. The predicted octanol–water partition coefficient (Wildman–Crippen LogP) is 6.59. The van der Waals surface area contributed by atoms with Gasteiger partial charge in [0.2, 0.25) is 11.8 Å². The molecule has 0 bridgehead atoms. The van der Waals surface area contributed by atoms with Gasteiger partial charge in [0.15, 0.2) is 0 Å². The van der Waals surface area contributed by atoms with E-state index in [9.17, 15) is 31.1 Å². The summed E-state index contributed by atoms with van der Waals surface area (Å²) in [6.07, 6.45) is -7.73. The Kier molecular flexibility index (Phi) is 5.83. The van der Waals surface area contributed by atoms with Gasteiger partial charge in [-0.15, -0.1) is 10.2 Å². The van der Waals surface area contributed by atoms with Crippen LogP contribution in [0.25, 0.3) is 11.1 Å². The van der Waals surface area contributed by atoms with Crippen LogP contribution in [-0.4, -0.2) is 34.1 Å². The summed E-state index contributed by atoms with van der Waals surface area (Å²) in [5, 5.41) is 7.84. The Morgan fingerprint density at radius 1 is 0.917 bits per heavy atom. The van der Waals surface area contributed by atoms with Gasteiger partial charge >= 0.3 is 12.4 Å². The summed E-state index contributed by atoms with van der Waals surface area (Å²) in [5.41, 5.74) is -1.72. The summed E-state index contributed by atoms with van der Waals surface area (Å²) >= 11 is 0. The fourth-order valence-electron chi connectivity index (χ4n) is 4.61. The molecule has 1 atom stereocenters. The maximum atomic E-state index is 13.4. The van der Waals surface area contributed by atoms with Crippen molar-refractivity contribution >= 4 is 5.91 Å². The topological polar surface area (TPSA) is 59.2 Å². The molecule has 0 spiro atoms. The van der Waals surface area contributed by atoms with Gasteiger partial charge in [0.25, 0.3) is 5.91 Å². The molecule has 1 aliphatic heterocycles. The first kappa shape index (κ1) is 24.3. The number of benzene rings is 2. The van der Waals surface area contributed by atoms with Gasteiger partial charge in [0, 0.05) is 25.6 Å². The fraction of sp³-hybridized carbons (Fsp3) is 0.400. The van der Waals surface area contributed by atoms with Crippen LogP contribution in [0.1, 0.15) is 69.9 Å². The van der Waals surface area contributed by atoms with Gasteiger partial charge in [-0.1, -0.05) is 6.07 Å². The second kappa shape index (κ2) is 8.63. The Labute approximate surface area is 202 Å². The van der Waals surface area contributed by atoms with Crippen LogP contribution in [0.5, 0.6) is 0 Å². The molecular formula is C25H21F6N3O2. The van der Waals surface area contributed by atoms with Crippen molar-refractivity contribution in [3.63, 3.8) is 0 Å². The second-order valence-corrected chi connectivity index (χ2v) is 9.27. The Hall–Kier alpha value is -3.37. The van der Waals surface area contributed by atoms with E-state index in [1.807, 2.05) is 0 Å². The van der Waals surface area contributed by atoms with Crippen LogP contribution in [0, 0.1) is 6.92 Å². The molecule has 1 aliphatic carbocycles. The van der Waals surface area contributed by atoms with Crippen molar-refractivity contribution in [2.24, 2.45) is 0 Å². The van der Waals surface area contributed by atoms with E-state index >= 15 is 0 Å². The maximum Gasteiger partial charge on any atom is 0.416 e. The molecule has 1 amide bonds. The third-order valence-electron chi connectivity index (χ3n) is 6.58. The highest BCUT2D eigenvalue weighted by Gasteiger charge is 2.38. The van der Waals surface area contributed by atoms with Crippen molar-refractivity contribution in [3.05, 3.63) is 70.4 Å². The van der Waals surface area contributed by atoms with Gasteiger partial charge in [0.05, 0.1) is 17.0 Å². The number of aromatic nitrogens is 2. The van der Waals surface area contributed by atoms with Crippen molar-refractivity contribution < 1.29 is 35.6 Å². The first-order valence-corrected chi connectivity index (χ1v) is 11.4. The lowest BCUT2D eigenvalue weighted by Crippen LogP contribution is -2.28. The number of nitrogens with zero attached hydrogens (tertiary/aromatic N) is 3. The lowest BCUT2D eigenvalue weighted by Gasteiger charge is -2.19. The summed E-state index contributed by atoms with van der Waals surface area (Å²) in [6, 6.07) is 6.09. The second-order valence-electron chi connectivity index (χ2n) is 9.27. The minimum atomic E-state index is -4.94. The zero-order valence-corrected chi connectivity index (χ0v) is 19.1. The number of aryl methyl sites for hydroxylation is 1. The molecule has 1 aromatic heterocycles. The molecule has 11 heteroatoms. The molecule has 0 N–H and O–H groups in total. The predicted molar refractivity (Wildman–Crippen MR) is 116 cm³/mol. The number of rotatable bonds is 4. The molecule has 2 aliphatic rings. The number of hydrogen-bond acceptors (Lipinski definition) is 4. The standard InChI is InChI=1S/C25H21F6N3O2/c1-13-32-33-22(36-13)16-6-7-34(12-16)23(35)15-4-5-20(21(10-15)14-2-3-14)17-8-18(24(26,27)28)11-19(9-17)25(29,30)31/h4-5,8-11,14,16H,2-3,6-7,12H2,1H3. The third kappa shape index (κ3) is 4.83. The first-order valence-electron chi connectivity index (χ1n) is 11.4.